The Hall–Kier alpha value is -1.02. The number of rotatable bonds is 10. The predicted molar refractivity (Wildman–Crippen MR) is 82.9 cm³/mol. The van der Waals surface area contributed by atoms with Crippen LogP contribution in [-0.4, -0.2) is 19.2 Å². The van der Waals surface area contributed by atoms with Gasteiger partial charge in [-0.25, -0.2) is 0 Å². The highest BCUT2D eigenvalue weighted by Gasteiger charge is 1.96. The van der Waals surface area contributed by atoms with Crippen molar-refractivity contribution in [2.24, 2.45) is 0 Å². The van der Waals surface area contributed by atoms with E-state index in [1.54, 1.807) is 0 Å². The highest BCUT2D eigenvalue weighted by atomic mass is 16.5. The third-order valence-electron chi connectivity index (χ3n) is 3.18. The van der Waals surface area contributed by atoms with Gasteiger partial charge in [0.15, 0.2) is 0 Å². The summed E-state index contributed by atoms with van der Waals surface area (Å²) in [6.45, 7) is 8.31. The lowest BCUT2D eigenvalue weighted by Gasteiger charge is -2.07. The van der Waals surface area contributed by atoms with Gasteiger partial charge in [0.25, 0.3) is 0 Å². The number of nitrogens with one attached hydrogen (secondary N) is 1. The zero-order valence-corrected chi connectivity index (χ0v) is 12.7. The van der Waals surface area contributed by atoms with Crippen molar-refractivity contribution in [1.82, 2.24) is 5.32 Å². The van der Waals surface area contributed by atoms with E-state index >= 15 is 0 Å². The average Bonchev–Trinajstić information content (AvgIpc) is 2.39. The Bertz CT molecular complexity index is 319. The Labute approximate surface area is 118 Å². The molecule has 0 fully saturated rings. The van der Waals surface area contributed by atoms with Crippen LogP contribution in [0.25, 0.3) is 0 Å². The van der Waals surface area contributed by atoms with Crippen LogP contribution in [0.15, 0.2) is 24.3 Å². The highest BCUT2D eigenvalue weighted by molar-refractivity contribution is 5.27. The number of hydrogen-bond donors (Lipinski definition) is 1. The molecular formula is C17H29NO. The van der Waals surface area contributed by atoms with Crippen molar-refractivity contribution in [3.05, 3.63) is 29.8 Å². The molecule has 2 nitrogen and oxygen atoms in total. The van der Waals surface area contributed by atoms with Gasteiger partial charge < -0.3 is 10.1 Å². The van der Waals surface area contributed by atoms with Crippen molar-refractivity contribution in [3.63, 3.8) is 0 Å². The van der Waals surface area contributed by atoms with Crippen LogP contribution in [-0.2, 0) is 6.42 Å². The van der Waals surface area contributed by atoms with Crippen molar-refractivity contribution >= 4 is 0 Å². The Balaban J connectivity index is 2.05. The van der Waals surface area contributed by atoms with Crippen molar-refractivity contribution in [2.75, 3.05) is 13.2 Å². The zero-order valence-electron chi connectivity index (χ0n) is 12.7. The first-order valence-electron chi connectivity index (χ1n) is 7.67. The molecule has 0 heterocycles. The van der Waals surface area contributed by atoms with Gasteiger partial charge in [0, 0.05) is 6.04 Å². The predicted octanol–water partition coefficient (Wildman–Crippen LogP) is 4.19. The fraction of sp³-hybridized carbons (Fsp3) is 0.647. The lowest BCUT2D eigenvalue weighted by molar-refractivity contribution is 0.340. The molecular weight excluding hydrogens is 234 g/mol. The van der Waals surface area contributed by atoms with Gasteiger partial charge in [-0.15, -0.1) is 0 Å². The van der Waals surface area contributed by atoms with E-state index in [0.29, 0.717) is 6.04 Å². The van der Waals surface area contributed by atoms with E-state index in [1.807, 2.05) is 6.92 Å². The molecule has 108 valence electrons. The summed E-state index contributed by atoms with van der Waals surface area (Å²) in [6.07, 6.45) is 6.42. The summed E-state index contributed by atoms with van der Waals surface area (Å²) in [5.74, 6) is 0.978. The Morgan fingerprint density at radius 2 is 1.68 bits per heavy atom. The van der Waals surface area contributed by atoms with Crippen molar-refractivity contribution < 1.29 is 4.74 Å². The first-order chi connectivity index (χ1) is 9.22. The maximum Gasteiger partial charge on any atom is 0.119 e. The molecule has 0 aliphatic rings. The third kappa shape index (κ3) is 7.89. The monoisotopic (exact) mass is 263 g/mol. The van der Waals surface area contributed by atoms with Gasteiger partial charge in [0.05, 0.1) is 6.61 Å². The number of hydrogen-bond acceptors (Lipinski definition) is 2. The molecule has 0 aromatic heterocycles. The molecule has 2 heteroatoms. The second-order valence-electron chi connectivity index (χ2n) is 5.35. The maximum absolute atomic E-state index is 5.44. The summed E-state index contributed by atoms with van der Waals surface area (Å²) in [6, 6.07) is 9.14. The molecule has 0 bridgehead atoms. The zero-order chi connectivity index (χ0) is 13.9. The first-order valence-corrected chi connectivity index (χ1v) is 7.67. The molecule has 0 unspecified atom stereocenters. The molecule has 0 amide bonds. The quantitative estimate of drug-likeness (QED) is 0.639. The minimum absolute atomic E-state index is 0.615. The normalized spacial score (nSPS) is 10.9. The van der Waals surface area contributed by atoms with Crippen LogP contribution < -0.4 is 10.1 Å². The van der Waals surface area contributed by atoms with Gasteiger partial charge in [0.1, 0.15) is 5.75 Å². The van der Waals surface area contributed by atoms with Crippen LogP contribution >= 0.6 is 0 Å². The Morgan fingerprint density at radius 3 is 2.32 bits per heavy atom. The molecule has 0 saturated carbocycles. The number of unbranched alkanes of at least 4 members (excludes halogenated alkanes) is 3. The fourth-order valence-corrected chi connectivity index (χ4v) is 2.12. The van der Waals surface area contributed by atoms with Gasteiger partial charge in [-0.05, 0) is 50.4 Å². The van der Waals surface area contributed by atoms with Crippen LogP contribution in [0.3, 0.4) is 0 Å². The SMILES string of the molecule is CCOc1ccc(CCCCCCNC(C)C)cc1. The topological polar surface area (TPSA) is 21.3 Å². The van der Waals surface area contributed by atoms with Crippen LogP contribution in [0.4, 0.5) is 0 Å². The number of aryl methyl sites for hydroxylation is 1. The Morgan fingerprint density at radius 1 is 1.00 bits per heavy atom. The highest BCUT2D eigenvalue weighted by Crippen LogP contribution is 2.14. The van der Waals surface area contributed by atoms with Gasteiger partial charge in [-0.1, -0.05) is 38.8 Å². The lowest BCUT2D eigenvalue weighted by atomic mass is 10.1. The van der Waals surface area contributed by atoms with Gasteiger partial charge in [-0.2, -0.15) is 0 Å². The summed E-state index contributed by atoms with van der Waals surface area (Å²) < 4.78 is 5.44. The molecule has 1 rings (SSSR count). The maximum atomic E-state index is 5.44. The third-order valence-corrected chi connectivity index (χ3v) is 3.18. The van der Waals surface area contributed by atoms with E-state index in [0.717, 1.165) is 18.9 Å². The molecule has 0 aliphatic carbocycles. The van der Waals surface area contributed by atoms with Crippen molar-refractivity contribution in [3.8, 4) is 5.75 Å². The fourth-order valence-electron chi connectivity index (χ4n) is 2.12. The second kappa shape index (κ2) is 9.85. The van der Waals surface area contributed by atoms with Crippen LogP contribution in [0.2, 0.25) is 0 Å². The van der Waals surface area contributed by atoms with Crippen LogP contribution in [0, 0.1) is 0 Å². The van der Waals surface area contributed by atoms with E-state index in [1.165, 1.54) is 37.7 Å². The molecule has 0 aliphatic heterocycles. The molecule has 0 spiro atoms. The van der Waals surface area contributed by atoms with Crippen LogP contribution in [0.5, 0.6) is 5.75 Å². The second-order valence-corrected chi connectivity index (χ2v) is 5.35. The van der Waals surface area contributed by atoms with Crippen molar-refractivity contribution in [2.45, 2.75) is 58.9 Å². The van der Waals surface area contributed by atoms with E-state index in [-0.39, 0.29) is 0 Å². The van der Waals surface area contributed by atoms with E-state index in [2.05, 4.69) is 43.4 Å². The molecule has 1 N–H and O–H groups in total. The van der Waals surface area contributed by atoms with Gasteiger partial charge in [-0.3, -0.25) is 0 Å². The standard InChI is InChI=1S/C17H29NO/c1-4-19-17-12-10-16(11-13-17)9-7-5-6-8-14-18-15(2)3/h10-13,15,18H,4-9,14H2,1-3H3. The molecule has 0 saturated heterocycles. The largest absolute Gasteiger partial charge is 0.494 e. The van der Waals surface area contributed by atoms with Crippen molar-refractivity contribution in [1.29, 1.82) is 0 Å². The smallest absolute Gasteiger partial charge is 0.119 e. The summed E-state index contributed by atoms with van der Waals surface area (Å²) in [4.78, 5) is 0. The minimum Gasteiger partial charge on any atom is -0.494 e. The molecule has 19 heavy (non-hydrogen) atoms. The molecule has 1 aromatic carbocycles. The lowest BCUT2D eigenvalue weighted by Crippen LogP contribution is -2.23. The number of ether oxygens (including phenoxy) is 1. The Kier molecular flexibility index (Phi) is 8.31. The van der Waals surface area contributed by atoms with Crippen LogP contribution in [0.1, 0.15) is 52.0 Å². The van der Waals surface area contributed by atoms with Gasteiger partial charge >= 0.3 is 0 Å². The summed E-state index contributed by atoms with van der Waals surface area (Å²) in [7, 11) is 0. The summed E-state index contributed by atoms with van der Waals surface area (Å²) in [5.41, 5.74) is 1.42. The van der Waals surface area contributed by atoms with E-state index in [4.69, 9.17) is 4.74 Å². The first kappa shape index (κ1) is 16.0. The number of benzene rings is 1. The van der Waals surface area contributed by atoms with Gasteiger partial charge in [0.2, 0.25) is 0 Å². The summed E-state index contributed by atoms with van der Waals surface area (Å²) >= 11 is 0. The minimum atomic E-state index is 0.615. The average molecular weight is 263 g/mol. The summed E-state index contributed by atoms with van der Waals surface area (Å²) in [5, 5.41) is 3.46. The molecule has 1 aromatic rings. The molecule has 0 atom stereocenters. The molecule has 0 radical (unpaired) electrons. The van der Waals surface area contributed by atoms with E-state index in [9.17, 15) is 0 Å². The van der Waals surface area contributed by atoms with E-state index < -0.39 is 0 Å².